The molecule has 0 aliphatic carbocycles. The Balaban J connectivity index is 1.49. The molecule has 0 radical (unpaired) electrons. The van der Waals surface area contributed by atoms with Crippen molar-refractivity contribution in [2.45, 2.75) is 25.4 Å². The lowest BCUT2D eigenvalue weighted by molar-refractivity contribution is 0.866. The van der Waals surface area contributed by atoms with Gasteiger partial charge in [0.05, 0.1) is 11.0 Å². The lowest BCUT2D eigenvalue weighted by atomic mass is 10.2. The van der Waals surface area contributed by atoms with Crippen molar-refractivity contribution < 1.29 is 0 Å². The first-order valence-corrected chi connectivity index (χ1v) is 9.37. The highest BCUT2D eigenvalue weighted by molar-refractivity contribution is 7.99. The summed E-state index contributed by atoms with van der Waals surface area (Å²) in [5.74, 6) is 1.96. The fraction of sp³-hybridized carbons (Fsp3) is 0.200. The van der Waals surface area contributed by atoms with Crippen LogP contribution in [-0.4, -0.2) is 25.3 Å². The van der Waals surface area contributed by atoms with Crippen molar-refractivity contribution in [2.75, 3.05) is 5.75 Å². The molecule has 0 saturated carbocycles. The summed E-state index contributed by atoms with van der Waals surface area (Å²) in [6.07, 6.45) is 2.82. The Morgan fingerprint density at radius 2 is 1.84 bits per heavy atom. The molecule has 4 nitrogen and oxygen atoms in total. The highest BCUT2D eigenvalue weighted by Gasteiger charge is 2.10. The Kier molecular flexibility index (Phi) is 4.32. The predicted molar refractivity (Wildman–Crippen MR) is 104 cm³/mol. The van der Waals surface area contributed by atoms with Gasteiger partial charge < -0.3 is 4.98 Å². The van der Waals surface area contributed by atoms with Crippen LogP contribution in [0.15, 0.2) is 59.9 Å². The second-order valence-electron chi connectivity index (χ2n) is 6.15. The van der Waals surface area contributed by atoms with Gasteiger partial charge in [-0.25, -0.2) is 9.97 Å². The minimum absolute atomic E-state index is 0.888. The summed E-state index contributed by atoms with van der Waals surface area (Å²) in [5, 5.41) is 1.03. The van der Waals surface area contributed by atoms with E-state index in [4.69, 9.17) is 0 Å². The Hall–Kier alpha value is -2.53. The second kappa shape index (κ2) is 6.76. The van der Waals surface area contributed by atoms with Crippen LogP contribution in [-0.2, 0) is 6.42 Å². The molecule has 0 saturated heterocycles. The maximum absolute atomic E-state index is 4.64. The van der Waals surface area contributed by atoms with Crippen LogP contribution in [0.1, 0.15) is 17.1 Å². The Labute approximate surface area is 151 Å². The molecule has 2 heterocycles. The van der Waals surface area contributed by atoms with Crippen molar-refractivity contribution in [2.24, 2.45) is 0 Å². The van der Waals surface area contributed by atoms with Gasteiger partial charge in [0.25, 0.3) is 0 Å². The summed E-state index contributed by atoms with van der Waals surface area (Å²) in [6.45, 7) is 4.20. The molecule has 0 aliphatic heterocycles. The summed E-state index contributed by atoms with van der Waals surface area (Å²) in [7, 11) is 0. The van der Waals surface area contributed by atoms with E-state index < -0.39 is 0 Å². The third kappa shape index (κ3) is 3.33. The molecule has 0 fully saturated rings. The van der Waals surface area contributed by atoms with Gasteiger partial charge in [0.2, 0.25) is 0 Å². The third-order valence-electron chi connectivity index (χ3n) is 4.21. The molecule has 25 heavy (non-hydrogen) atoms. The van der Waals surface area contributed by atoms with Gasteiger partial charge in [-0.3, -0.25) is 4.57 Å². The first kappa shape index (κ1) is 16.0. The highest BCUT2D eigenvalue weighted by atomic mass is 32.2. The molecule has 126 valence electrons. The normalized spacial score (nSPS) is 11.3. The topological polar surface area (TPSA) is 46.5 Å². The van der Waals surface area contributed by atoms with E-state index in [0.717, 1.165) is 45.6 Å². The number of aromatic amines is 1. The van der Waals surface area contributed by atoms with E-state index in [1.807, 2.05) is 24.4 Å². The SMILES string of the molecule is Cc1ccc(-n2c(C)cnc2SCCc2nc3ccccc3[nH]2)cc1. The van der Waals surface area contributed by atoms with E-state index in [9.17, 15) is 0 Å². The summed E-state index contributed by atoms with van der Waals surface area (Å²) in [6, 6.07) is 16.7. The molecule has 0 amide bonds. The molecule has 2 aromatic carbocycles. The van der Waals surface area contributed by atoms with Crippen LogP contribution in [0.4, 0.5) is 0 Å². The Morgan fingerprint density at radius 3 is 2.64 bits per heavy atom. The van der Waals surface area contributed by atoms with Gasteiger partial charge in [0.1, 0.15) is 5.82 Å². The van der Waals surface area contributed by atoms with Gasteiger partial charge in [0.15, 0.2) is 5.16 Å². The summed E-state index contributed by atoms with van der Waals surface area (Å²) in [5.41, 5.74) is 5.70. The highest BCUT2D eigenvalue weighted by Crippen LogP contribution is 2.24. The van der Waals surface area contributed by atoms with E-state index in [2.05, 4.69) is 63.7 Å². The number of hydrogen-bond acceptors (Lipinski definition) is 3. The first-order valence-electron chi connectivity index (χ1n) is 8.38. The number of fused-ring (bicyclic) bond motifs is 1. The molecule has 0 unspecified atom stereocenters. The minimum Gasteiger partial charge on any atom is -0.342 e. The molecular weight excluding hydrogens is 328 g/mol. The van der Waals surface area contributed by atoms with Crippen LogP contribution < -0.4 is 0 Å². The number of nitrogens with zero attached hydrogens (tertiary/aromatic N) is 3. The van der Waals surface area contributed by atoms with Crippen LogP contribution in [0.2, 0.25) is 0 Å². The van der Waals surface area contributed by atoms with Crippen molar-refractivity contribution in [1.29, 1.82) is 0 Å². The molecule has 0 aliphatic rings. The fourth-order valence-electron chi connectivity index (χ4n) is 2.89. The number of nitrogens with one attached hydrogen (secondary N) is 1. The largest absolute Gasteiger partial charge is 0.342 e. The van der Waals surface area contributed by atoms with Crippen LogP contribution in [0, 0.1) is 13.8 Å². The van der Waals surface area contributed by atoms with Crippen LogP contribution >= 0.6 is 11.8 Å². The van der Waals surface area contributed by atoms with Crippen molar-refractivity contribution >= 4 is 22.8 Å². The van der Waals surface area contributed by atoms with E-state index >= 15 is 0 Å². The molecule has 2 aromatic heterocycles. The molecule has 4 aromatic rings. The molecule has 0 atom stereocenters. The van der Waals surface area contributed by atoms with Gasteiger partial charge >= 0.3 is 0 Å². The number of para-hydroxylation sites is 2. The van der Waals surface area contributed by atoms with Crippen LogP contribution in [0.5, 0.6) is 0 Å². The summed E-state index contributed by atoms with van der Waals surface area (Å²) in [4.78, 5) is 12.6. The fourth-order valence-corrected chi connectivity index (χ4v) is 3.87. The van der Waals surface area contributed by atoms with Gasteiger partial charge in [-0.05, 0) is 38.1 Å². The zero-order valence-corrected chi connectivity index (χ0v) is 15.2. The lowest BCUT2D eigenvalue weighted by Gasteiger charge is -2.10. The number of hydrogen-bond donors (Lipinski definition) is 1. The van der Waals surface area contributed by atoms with Gasteiger partial charge in [-0.15, -0.1) is 0 Å². The number of aromatic nitrogens is 4. The maximum atomic E-state index is 4.64. The third-order valence-corrected chi connectivity index (χ3v) is 5.16. The quantitative estimate of drug-likeness (QED) is 0.532. The molecule has 4 rings (SSSR count). The number of benzene rings is 2. The smallest absolute Gasteiger partial charge is 0.172 e. The number of imidazole rings is 2. The van der Waals surface area contributed by atoms with Gasteiger partial charge in [0, 0.05) is 29.8 Å². The Bertz CT molecular complexity index is 965. The van der Waals surface area contributed by atoms with E-state index in [0.29, 0.717) is 0 Å². The molecular formula is C20H20N4S. The molecule has 5 heteroatoms. The van der Waals surface area contributed by atoms with E-state index in [1.165, 1.54) is 5.56 Å². The molecule has 0 bridgehead atoms. The number of thioether (sulfide) groups is 1. The van der Waals surface area contributed by atoms with E-state index in [1.54, 1.807) is 11.8 Å². The summed E-state index contributed by atoms with van der Waals surface area (Å²) >= 11 is 1.76. The Morgan fingerprint density at radius 1 is 1.04 bits per heavy atom. The summed E-state index contributed by atoms with van der Waals surface area (Å²) < 4.78 is 2.21. The molecule has 1 N–H and O–H groups in total. The van der Waals surface area contributed by atoms with Crippen molar-refractivity contribution in [3.05, 3.63) is 71.8 Å². The van der Waals surface area contributed by atoms with Gasteiger partial charge in [-0.2, -0.15) is 0 Å². The number of H-pyrrole nitrogens is 1. The zero-order valence-electron chi connectivity index (χ0n) is 14.4. The lowest BCUT2D eigenvalue weighted by Crippen LogP contribution is -2.00. The predicted octanol–water partition coefficient (Wildman–Crippen LogP) is 4.70. The van der Waals surface area contributed by atoms with Crippen LogP contribution in [0.25, 0.3) is 16.7 Å². The van der Waals surface area contributed by atoms with Gasteiger partial charge in [-0.1, -0.05) is 41.6 Å². The number of aryl methyl sites for hydroxylation is 3. The maximum Gasteiger partial charge on any atom is 0.172 e. The van der Waals surface area contributed by atoms with Crippen LogP contribution in [0.3, 0.4) is 0 Å². The second-order valence-corrected chi connectivity index (χ2v) is 7.21. The number of rotatable bonds is 5. The van der Waals surface area contributed by atoms with Crippen molar-refractivity contribution in [1.82, 2.24) is 19.5 Å². The minimum atomic E-state index is 0.888. The standard InChI is InChI=1S/C20H20N4S/c1-14-7-9-16(10-8-14)24-15(2)13-21-20(24)25-12-11-19-22-17-5-3-4-6-18(17)23-19/h3-10,13H,11-12H2,1-2H3,(H,22,23). The monoisotopic (exact) mass is 348 g/mol. The average Bonchev–Trinajstić information content (AvgIpc) is 3.19. The van der Waals surface area contributed by atoms with Crippen molar-refractivity contribution in [3.8, 4) is 5.69 Å². The van der Waals surface area contributed by atoms with Crippen molar-refractivity contribution in [3.63, 3.8) is 0 Å². The molecule has 0 spiro atoms. The average molecular weight is 348 g/mol. The van der Waals surface area contributed by atoms with E-state index in [-0.39, 0.29) is 0 Å². The zero-order chi connectivity index (χ0) is 17.2. The first-order chi connectivity index (χ1) is 12.2.